The van der Waals surface area contributed by atoms with Crippen LogP contribution in [0.5, 0.6) is 5.75 Å². The highest BCUT2D eigenvalue weighted by Gasteiger charge is 2.42. The number of phenols is 1. The van der Waals surface area contributed by atoms with E-state index in [0.29, 0.717) is 12.8 Å². The molecule has 1 aliphatic carbocycles. The molecule has 1 aromatic rings. The average Bonchev–Trinajstić information content (AvgIpc) is 2.18. The maximum absolute atomic E-state index is 13.9. The molecular formula is C11H12BrF2NO. The number of aromatic hydroxyl groups is 1. The van der Waals surface area contributed by atoms with Gasteiger partial charge in [-0.05, 0) is 28.8 Å². The van der Waals surface area contributed by atoms with E-state index < -0.39 is 22.8 Å². The molecule has 16 heavy (non-hydrogen) atoms. The van der Waals surface area contributed by atoms with Gasteiger partial charge in [-0.3, -0.25) is 0 Å². The highest BCUT2D eigenvalue weighted by Crippen LogP contribution is 2.47. The third kappa shape index (κ3) is 1.53. The minimum absolute atomic E-state index is 0.00549. The van der Waals surface area contributed by atoms with Crippen LogP contribution in [0.3, 0.4) is 0 Å². The summed E-state index contributed by atoms with van der Waals surface area (Å²) >= 11 is 2.91. The third-order valence-electron chi connectivity index (χ3n) is 3.37. The molecule has 0 atom stereocenters. The molecule has 3 N–H and O–H groups in total. The highest BCUT2D eigenvalue weighted by molar-refractivity contribution is 9.10. The van der Waals surface area contributed by atoms with Gasteiger partial charge in [-0.1, -0.05) is 6.42 Å². The molecule has 0 unspecified atom stereocenters. The third-order valence-corrected chi connectivity index (χ3v) is 4.13. The van der Waals surface area contributed by atoms with E-state index in [2.05, 4.69) is 15.9 Å². The van der Waals surface area contributed by atoms with Crippen LogP contribution in [-0.2, 0) is 5.41 Å². The Kier molecular flexibility index (Phi) is 2.92. The van der Waals surface area contributed by atoms with Crippen molar-refractivity contribution in [2.75, 3.05) is 6.54 Å². The van der Waals surface area contributed by atoms with Gasteiger partial charge in [-0.2, -0.15) is 0 Å². The average molecular weight is 292 g/mol. The van der Waals surface area contributed by atoms with E-state index in [0.717, 1.165) is 12.5 Å². The van der Waals surface area contributed by atoms with E-state index in [4.69, 9.17) is 5.73 Å². The lowest BCUT2D eigenvalue weighted by molar-refractivity contribution is 0.234. The normalized spacial score (nSPS) is 18.2. The van der Waals surface area contributed by atoms with Gasteiger partial charge in [0.05, 0.1) is 4.47 Å². The summed E-state index contributed by atoms with van der Waals surface area (Å²) in [4.78, 5) is 0. The van der Waals surface area contributed by atoms with Crippen molar-refractivity contribution in [3.8, 4) is 5.75 Å². The van der Waals surface area contributed by atoms with Crippen LogP contribution in [0.1, 0.15) is 24.8 Å². The lowest BCUT2D eigenvalue weighted by atomic mass is 9.64. The fourth-order valence-electron chi connectivity index (χ4n) is 2.23. The first-order valence-corrected chi connectivity index (χ1v) is 5.88. The van der Waals surface area contributed by atoms with Crippen LogP contribution >= 0.6 is 15.9 Å². The highest BCUT2D eigenvalue weighted by atomic mass is 79.9. The number of halogens is 3. The maximum Gasteiger partial charge on any atom is 0.147 e. The predicted octanol–water partition coefficient (Wildman–Crippen LogP) is 2.81. The van der Waals surface area contributed by atoms with Crippen LogP contribution in [0.2, 0.25) is 0 Å². The molecule has 1 aliphatic rings. The van der Waals surface area contributed by atoms with E-state index in [9.17, 15) is 13.9 Å². The van der Waals surface area contributed by atoms with Gasteiger partial charge in [-0.25, -0.2) is 8.78 Å². The number of phenolic OH excluding ortho intramolecular Hbond substituents is 1. The SMILES string of the molecule is NCC1(c2c(F)cc(O)c(Br)c2F)CCC1. The molecule has 2 nitrogen and oxygen atoms in total. The molecule has 1 aromatic carbocycles. The van der Waals surface area contributed by atoms with Gasteiger partial charge < -0.3 is 10.8 Å². The summed E-state index contributed by atoms with van der Waals surface area (Å²) in [6.07, 6.45) is 2.30. The minimum atomic E-state index is -0.734. The Labute approximate surface area is 101 Å². The minimum Gasteiger partial charge on any atom is -0.507 e. The van der Waals surface area contributed by atoms with Gasteiger partial charge in [0.15, 0.2) is 0 Å². The number of hydrogen-bond donors (Lipinski definition) is 2. The Morgan fingerprint density at radius 3 is 2.50 bits per heavy atom. The summed E-state index contributed by atoms with van der Waals surface area (Å²) in [5.74, 6) is -1.88. The Morgan fingerprint density at radius 1 is 1.44 bits per heavy atom. The second kappa shape index (κ2) is 3.96. The number of hydrogen-bond acceptors (Lipinski definition) is 2. The number of nitrogens with two attached hydrogens (primary N) is 1. The number of rotatable bonds is 2. The molecule has 0 saturated heterocycles. The molecule has 0 radical (unpaired) electrons. The second-order valence-corrected chi connectivity index (χ2v) is 5.01. The fourth-order valence-corrected chi connectivity index (χ4v) is 2.54. The molecule has 0 aliphatic heterocycles. The van der Waals surface area contributed by atoms with Crippen molar-refractivity contribution in [2.45, 2.75) is 24.7 Å². The van der Waals surface area contributed by atoms with Crippen LogP contribution in [0.15, 0.2) is 10.5 Å². The zero-order valence-electron chi connectivity index (χ0n) is 8.56. The van der Waals surface area contributed by atoms with Crippen molar-refractivity contribution in [3.63, 3.8) is 0 Å². The van der Waals surface area contributed by atoms with Crippen LogP contribution in [0.4, 0.5) is 8.78 Å². The van der Waals surface area contributed by atoms with Gasteiger partial charge in [-0.15, -0.1) is 0 Å². The zero-order valence-corrected chi connectivity index (χ0v) is 10.2. The van der Waals surface area contributed by atoms with Crippen LogP contribution in [-0.4, -0.2) is 11.7 Å². The molecular weight excluding hydrogens is 280 g/mol. The topological polar surface area (TPSA) is 46.2 Å². The molecule has 0 spiro atoms. The van der Waals surface area contributed by atoms with Crippen molar-refractivity contribution in [1.29, 1.82) is 0 Å². The van der Waals surface area contributed by atoms with Crippen molar-refractivity contribution in [3.05, 3.63) is 27.7 Å². The lowest BCUT2D eigenvalue weighted by Gasteiger charge is -2.41. The Hall–Kier alpha value is -0.680. The summed E-state index contributed by atoms with van der Waals surface area (Å²) in [5, 5.41) is 9.28. The van der Waals surface area contributed by atoms with Crippen molar-refractivity contribution in [1.82, 2.24) is 0 Å². The van der Waals surface area contributed by atoms with Crippen LogP contribution < -0.4 is 5.73 Å². The zero-order chi connectivity index (χ0) is 11.9. The summed E-state index contributed by atoms with van der Waals surface area (Å²) in [5.41, 5.74) is 5.03. The molecule has 0 bridgehead atoms. The molecule has 0 aromatic heterocycles. The molecule has 0 amide bonds. The van der Waals surface area contributed by atoms with Gasteiger partial charge in [0.1, 0.15) is 17.4 Å². The standard InChI is InChI=1S/C11H12BrF2NO/c12-9-7(16)4-6(13)8(10(9)14)11(5-15)2-1-3-11/h4,16H,1-3,5,15H2. The van der Waals surface area contributed by atoms with Gasteiger partial charge in [0.2, 0.25) is 0 Å². The molecule has 1 saturated carbocycles. The van der Waals surface area contributed by atoms with Crippen molar-refractivity contribution >= 4 is 15.9 Å². The van der Waals surface area contributed by atoms with Crippen LogP contribution in [0.25, 0.3) is 0 Å². The fraction of sp³-hybridized carbons (Fsp3) is 0.455. The van der Waals surface area contributed by atoms with E-state index in [-0.39, 0.29) is 16.6 Å². The van der Waals surface area contributed by atoms with Crippen molar-refractivity contribution < 1.29 is 13.9 Å². The van der Waals surface area contributed by atoms with Gasteiger partial charge in [0, 0.05) is 23.6 Å². The van der Waals surface area contributed by atoms with Gasteiger partial charge in [0.25, 0.3) is 0 Å². The summed E-state index contributed by atoms with van der Waals surface area (Å²) in [6, 6.07) is 0.929. The van der Waals surface area contributed by atoms with E-state index in [1.54, 1.807) is 0 Å². The summed E-state index contributed by atoms with van der Waals surface area (Å²) < 4.78 is 27.5. The van der Waals surface area contributed by atoms with E-state index in [1.807, 2.05) is 0 Å². The molecule has 88 valence electrons. The summed E-state index contributed by atoms with van der Waals surface area (Å²) in [6.45, 7) is 0.220. The quantitative estimate of drug-likeness (QED) is 0.823. The van der Waals surface area contributed by atoms with E-state index in [1.165, 1.54) is 0 Å². The Bertz CT molecular complexity index is 427. The number of benzene rings is 1. The second-order valence-electron chi connectivity index (χ2n) is 4.22. The van der Waals surface area contributed by atoms with E-state index >= 15 is 0 Å². The first-order chi connectivity index (χ1) is 7.52. The Morgan fingerprint density at radius 2 is 2.06 bits per heavy atom. The first kappa shape index (κ1) is 11.8. The predicted molar refractivity (Wildman–Crippen MR) is 60.3 cm³/mol. The van der Waals surface area contributed by atoms with Gasteiger partial charge >= 0.3 is 0 Å². The molecule has 5 heteroatoms. The van der Waals surface area contributed by atoms with Crippen molar-refractivity contribution in [2.24, 2.45) is 5.73 Å². The molecule has 1 fully saturated rings. The maximum atomic E-state index is 13.9. The smallest absolute Gasteiger partial charge is 0.147 e. The largest absolute Gasteiger partial charge is 0.507 e. The Balaban J connectivity index is 2.60. The molecule has 0 heterocycles. The first-order valence-electron chi connectivity index (χ1n) is 5.09. The molecule has 2 rings (SSSR count). The monoisotopic (exact) mass is 291 g/mol. The van der Waals surface area contributed by atoms with Crippen LogP contribution in [0, 0.1) is 11.6 Å². The lowest BCUT2D eigenvalue weighted by Crippen LogP contribution is -2.43. The summed E-state index contributed by atoms with van der Waals surface area (Å²) in [7, 11) is 0.